The van der Waals surface area contributed by atoms with Crippen LogP contribution in [0.15, 0.2) is 36.3 Å². The topological polar surface area (TPSA) is 222 Å². The molecule has 6 N–H and O–H groups in total. The Hall–Kier alpha value is -5.37. The first-order valence-corrected chi connectivity index (χ1v) is 25.2. The van der Waals surface area contributed by atoms with E-state index in [1.807, 2.05) is 0 Å². The first-order chi connectivity index (χ1) is 73.4. The fourth-order valence-electron chi connectivity index (χ4n) is 7.92. The van der Waals surface area contributed by atoms with E-state index in [-0.39, 0.29) is 13.8 Å². The number of methoxy groups -OCH3 is 6. The second-order valence-electron chi connectivity index (χ2n) is 18.2. The molecule has 9 rings (SSSR count). The van der Waals surface area contributed by atoms with Crippen LogP contribution >= 0.6 is 0 Å². The number of carbonyl (C=O) groups excluding carboxylic acids is 3. The van der Waals surface area contributed by atoms with Crippen LogP contribution in [-0.4, -0.2) is 151 Å². The third-order valence-electron chi connectivity index (χ3n) is 11.9. The highest BCUT2D eigenvalue weighted by Gasteiger charge is 2.45. The molecule has 504 valence electrons. The molecular formula is C72H114N6O12. The standard InChI is InChI=1S/3C24H38N2O4/c3*1-14(2)9-17-13-26-8-7-16-10-21(28-5)22(29-6)11-18(16)19(26)12-20(17)30-24(27)23(25)15(3)4/h3*10-11,14-15,17,19-20,23H,7-9,12-13,25H2,1-6H3/t3*17?,19?,20?,23-/m000/s1/i1D3,3D3,4D3,7D2,8D2,9D2,10D,11D,12D2,13D2,14D,15D,17D,20D,23D;1D3,3D3,4D3,5D3,7D2,8D2,9D2,10D,11D,12D2,13D2,14D,15D,17D,23D;1D3,3D3,4D3,7D2,8D2,9D2,10D,11D,12D2,13D2,14D,15D,17D,23D/t3*14?,17?,19?,20?,23-. The van der Waals surface area contributed by atoms with E-state index in [1.54, 1.807) is 0 Å². The molecule has 6 aliphatic rings. The second-order valence-corrected chi connectivity index (χ2v) is 18.2. The number of hydrogen-bond acceptors (Lipinski definition) is 18. The van der Waals surface area contributed by atoms with Gasteiger partial charge in [-0.2, -0.15) is 0 Å². The minimum Gasteiger partial charge on any atom is -0.493 e. The van der Waals surface area contributed by atoms with Crippen molar-refractivity contribution in [3.05, 3.63) is 69.6 Å². The van der Waals surface area contributed by atoms with E-state index in [2.05, 4.69) is 0 Å². The highest BCUT2D eigenvalue weighted by Crippen LogP contribution is 2.48. The van der Waals surface area contributed by atoms with Gasteiger partial charge in [0.15, 0.2) is 34.5 Å². The number of nitrogens with two attached hydrogens (primary N) is 3. The van der Waals surface area contributed by atoms with Gasteiger partial charge in [0.1, 0.15) is 36.3 Å². The Balaban J connectivity index is 0.000000340. The van der Waals surface area contributed by atoms with Crippen molar-refractivity contribution in [3.8, 4) is 34.5 Å². The second kappa shape index (κ2) is 32.5. The summed E-state index contributed by atoms with van der Waals surface area (Å²) in [5, 5.41) is 0. The number of carbonyl (C=O) groups is 3. The molecule has 0 aliphatic carbocycles. The predicted molar refractivity (Wildman–Crippen MR) is 353 cm³/mol. The Morgan fingerprint density at radius 2 is 0.811 bits per heavy atom. The summed E-state index contributed by atoms with van der Waals surface area (Å²) in [6.45, 7) is -62.4. The van der Waals surface area contributed by atoms with Gasteiger partial charge in [-0.05, 0) is 143 Å². The zero-order valence-electron chi connectivity index (χ0n) is 127. The largest absolute Gasteiger partial charge is 0.493 e. The first kappa shape index (κ1) is 20.6. The molecule has 90 heavy (non-hydrogen) atoms. The lowest BCUT2D eigenvalue weighted by Crippen LogP contribution is -2.51. The summed E-state index contributed by atoms with van der Waals surface area (Å²) in [6.07, 6.45) is -50.3. The van der Waals surface area contributed by atoms with Crippen molar-refractivity contribution in [1.82, 2.24) is 14.7 Å². The van der Waals surface area contributed by atoms with Gasteiger partial charge in [-0.25, -0.2) is 0 Å². The smallest absolute Gasteiger partial charge is 0.323 e. The summed E-state index contributed by atoms with van der Waals surface area (Å²) in [5.74, 6) is -52.8. The Bertz CT molecular complexity index is 6460. The molecule has 3 fully saturated rings. The number of ether oxygens (including phenoxy) is 9. The molecule has 0 saturated carbocycles. The van der Waals surface area contributed by atoms with Crippen LogP contribution in [0.5, 0.6) is 34.5 Å². The zero-order valence-corrected chi connectivity index (χ0v) is 48.4. The zero-order chi connectivity index (χ0) is 135. The van der Waals surface area contributed by atoms with E-state index >= 15 is 0 Å². The van der Waals surface area contributed by atoms with Crippen LogP contribution in [-0.2, 0) is 47.7 Å². The minimum absolute atomic E-state index is 0.219. The molecule has 6 heterocycles. The summed E-state index contributed by atoms with van der Waals surface area (Å²) in [7, 11) is 0.936. The van der Waals surface area contributed by atoms with Crippen molar-refractivity contribution in [2.45, 2.75) is 194 Å². The molecule has 0 aromatic heterocycles. The van der Waals surface area contributed by atoms with Crippen molar-refractivity contribution in [1.29, 1.82) is 0 Å². The lowest BCUT2D eigenvalue weighted by Gasteiger charge is -2.47. The van der Waals surface area contributed by atoms with Crippen LogP contribution in [0.2, 0.25) is 0 Å². The van der Waals surface area contributed by atoms with E-state index in [0.29, 0.717) is 6.92 Å². The Morgan fingerprint density at radius 3 is 1.14 bits per heavy atom. The summed E-state index contributed by atoms with van der Waals surface area (Å²) >= 11 is 0. The molecule has 0 bridgehead atoms. The molecule has 6 aliphatic heterocycles. The van der Waals surface area contributed by atoms with Gasteiger partial charge in [0.2, 0.25) is 0 Å². The van der Waals surface area contributed by atoms with Gasteiger partial charge in [0.25, 0.3) is 0 Å². The average Bonchev–Trinajstić information content (AvgIpc) is 0.632. The van der Waals surface area contributed by atoms with Crippen LogP contribution in [0.1, 0.15) is 280 Å². The number of rotatable bonds is 21. The van der Waals surface area contributed by atoms with Crippen LogP contribution in [0.25, 0.3) is 0 Å². The number of esters is 3. The molecule has 18 nitrogen and oxygen atoms in total. The van der Waals surface area contributed by atoms with Gasteiger partial charge in [-0.15, -0.1) is 0 Å². The molecule has 18 heteroatoms. The lowest BCUT2D eigenvalue weighted by atomic mass is 9.79. The van der Waals surface area contributed by atoms with Gasteiger partial charge in [-0.1, -0.05) is 82.4 Å². The predicted octanol–water partition coefficient (Wildman–Crippen LogP) is 10.7. The Morgan fingerprint density at radius 1 is 0.500 bits per heavy atom. The van der Waals surface area contributed by atoms with E-state index in [9.17, 15) is 36.3 Å². The molecule has 3 aromatic rings. The maximum absolute atomic E-state index is 14.0. The summed E-state index contributed by atoms with van der Waals surface area (Å²) in [4.78, 5) is 40.4. The molecule has 3 aromatic carbocycles. The fraction of sp³-hybridized carbons (Fsp3) is 0.708. The summed E-state index contributed by atoms with van der Waals surface area (Å²) in [5.41, 5.74) is 9.25. The van der Waals surface area contributed by atoms with Crippen LogP contribution in [0.4, 0.5) is 0 Å². The van der Waals surface area contributed by atoms with Crippen LogP contribution < -0.4 is 45.6 Å². The van der Waals surface area contributed by atoms with Crippen molar-refractivity contribution >= 4 is 17.9 Å². The number of fused-ring (bicyclic) bond motifs is 9. The third-order valence-corrected chi connectivity index (χ3v) is 11.9. The van der Waals surface area contributed by atoms with Crippen LogP contribution in [0.3, 0.4) is 0 Å². The molecular weight excluding hydrogens is 1140 g/mol. The lowest BCUT2D eigenvalue weighted by molar-refractivity contribution is -0.161. The van der Waals surface area contributed by atoms with Gasteiger partial charge >= 0.3 is 17.9 Å². The molecule has 12 unspecified atom stereocenters. The molecule has 0 radical (unpaired) electrons. The van der Waals surface area contributed by atoms with Gasteiger partial charge in [0.05, 0.1) is 60.4 Å². The van der Waals surface area contributed by atoms with E-state index in [4.69, 9.17) is 146 Å². The number of hydrogen-bond donors (Lipinski definition) is 3. The van der Waals surface area contributed by atoms with Crippen molar-refractivity contribution < 1.29 is 165 Å². The quantitative estimate of drug-likeness (QED) is 0.0666. The maximum atomic E-state index is 14.0. The normalized spacial score (nSPS) is 53.0. The summed E-state index contributed by atoms with van der Waals surface area (Å²) in [6, 6.07) is -29.9. The first-order valence-electron chi connectivity index (χ1n) is 64.7. The Kier molecular flexibility index (Phi) is 7.42. The highest BCUT2D eigenvalue weighted by molar-refractivity contribution is 5.77. The Labute approximate surface area is 650 Å². The maximum Gasteiger partial charge on any atom is 0.323 e. The molecule has 3 saturated heterocycles. The number of nitrogens with zero attached hydrogens (tertiary/aromatic N) is 3. The highest BCUT2D eigenvalue weighted by atomic mass is 16.6. The minimum atomic E-state index is -4.96. The van der Waals surface area contributed by atoms with Crippen molar-refractivity contribution in [3.63, 3.8) is 0 Å². The van der Waals surface area contributed by atoms with E-state index < -0.39 is 409 Å². The molecule has 15 atom stereocenters. The van der Waals surface area contributed by atoms with Crippen molar-refractivity contribution in [2.75, 3.05) is 81.6 Å². The van der Waals surface area contributed by atoms with Gasteiger partial charge in [-0.3, -0.25) is 29.1 Å². The molecule has 0 amide bonds. The van der Waals surface area contributed by atoms with Crippen molar-refractivity contribution in [2.24, 2.45) is 70.2 Å². The molecule has 0 spiro atoms. The summed E-state index contributed by atoms with van der Waals surface area (Å²) < 4.78 is 715. The average molecular weight is 1340 g/mol. The van der Waals surface area contributed by atoms with Gasteiger partial charge < -0.3 is 59.8 Å². The van der Waals surface area contributed by atoms with Gasteiger partial charge in [0, 0.05) is 184 Å². The monoisotopic (exact) mass is 1330 g/mol. The fourth-order valence-corrected chi connectivity index (χ4v) is 7.92. The number of piperidine rings is 3. The van der Waals surface area contributed by atoms with E-state index in [1.165, 1.54) is 0 Å². The SMILES string of the molecule is [2H]c1c(OC)c(OC([2H])([2H])[2H])c([2H])c2c1C1N(C([2H])([2H])C2([2H])[2H])C([2H])([2H])C([2H])(C([2H])([2H])C([2H])(C)C([2H])([2H])[2H])C(OC(=O)[C@@]([2H])(N)C([2H])(C([2H])([2H])[2H])C([2H])([2H])[2H])C1([2H])[2H].[2H]c1c(OC)c(OC)c([2H])c2c1C1N(C([2H])([2H])C2([2H])[2H])C([2H])([2H])C([2H])(C([2H])([2H])C([2H])(C)C([2H])([2H])[2H])C(OC(=O)[C@@]([2H])(N)C([2H])(C([2H])([2H])[2H])C([2H])([2H])[2H])C1([2H])[2H].[2H]c1c(OC)c(OC)c([2H])c2c1C1N(C([2H])([2H])C2([2H])[2H])C([2H])([2H])C([2H])(C([2H])([2H])C([2H])(C)C([2H])([2H])[2H])C([2H])(OC(=O)[C@@]([2H])(N)C([2H])(C([2H])([2H])[2H])C([2H])([2H])[2H])C1([2H])[2H]. The number of benzene rings is 3. The van der Waals surface area contributed by atoms with E-state index in [0.717, 1.165) is 35.5 Å². The van der Waals surface area contributed by atoms with Crippen LogP contribution in [0, 0.1) is 53.0 Å². The third kappa shape index (κ3) is 17.5.